The van der Waals surface area contributed by atoms with Crippen LogP contribution in [0, 0.1) is 0 Å². The van der Waals surface area contributed by atoms with Gasteiger partial charge in [-0.15, -0.1) is 0 Å². The van der Waals surface area contributed by atoms with Crippen molar-refractivity contribution >= 4 is 17.8 Å². The maximum atomic E-state index is 12.6. The lowest BCUT2D eigenvalue weighted by molar-refractivity contribution is 0.0734. The summed E-state index contributed by atoms with van der Waals surface area (Å²) in [6, 6.07) is 18.6. The molecule has 3 aromatic rings. The van der Waals surface area contributed by atoms with Crippen LogP contribution >= 0.6 is 0 Å². The number of carbonyl (C=O) groups excluding carboxylic acids is 2. The van der Waals surface area contributed by atoms with E-state index in [1.54, 1.807) is 55.7 Å². The number of ether oxygens (including phenoxy) is 4. The molecule has 6 nitrogen and oxygen atoms in total. The number of Topliss-reactive ketones (excluding diaryl/α,β-unsaturated/α-hetero) is 1. The number of rotatable bonds is 5. The summed E-state index contributed by atoms with van der Waals surface area (Å²) in [6.45, 7) is 0. The van der Waals surface area contributed by atoms with Crippen LogP contribution in [-0.4, -0.2) is 26.0 Å². The molecule has 0 amide bonds. The van der Waals surface area contributed by atoms with Gasteiger partial charge < -0.3 is 18.9 Å². The highest BCUT2D eigenvalue weighted by Crippen LogP contribution is 2.35. The maximum absolute atomic E-state index is 12.6. The van der Waals surface area contributed by atoms with Crippen LogP contribution in [0.4, 0.5) is 0 Å². The predicted molar refractivity (Wildman–Crippen MR) is 110 cm³/mol. The summed E-state index contributed by atoms with van der Waals surface area (Å²) >= 11 is 0. The average molecular weight is 402 g/mol. The van der Waals surface area contributed by atoms with Crippen molar-refractivity contribution in [1.29, 1.82) is 0 Å². The van der Waals surface area contributed by atoms with E-state index in [-0.39, 0.29) is 17.3 Å². The fraction of sp³-hybridized carbons (Fsp3) is 0.0833. The monoisotopic (exact) mass is 402 g/mol. The Morgan fingerprint density at radius 1 is 0.867 bits per heavy atom. The van der Waals surface area contributed by atoms with E-state index in [9.17, 15) is 9.59 Å². The van der Waals surface area contributed by atoms with Crippen molar-refractivity contribution in [2.75, 3.05) is 14.2 Å². The molecule has 0 N–H and O–H groups in total. The van der Waals surface area contributed by atoms with Gasteiger partial charge in [0.05, 0.1) is 25.3 Å². The van der Waals surface area contributed by atoms with Crippen LogP contribution < -0.4 is 18.9 Å². The SMILES string of the molecule is COc1cccc(/C=C2/Oc3cc(OC(=O)c4cccc(OC)c4)ccc3C2=O)c1. The number of methoxy groups -OCH3 is 2. The van der Waals surface area contributed by atoms with Crippen LogP contribution in [0.5, 0.6) is 23.0 Å². The third kappa shape index (κ3) is 3.89. The van der Waals surface area contributed by atoms with Gasteiger partial charge in [0.2, 0.25) is 5.78 Å². The second-order valence-electron chi connectivity index (χ2n) is 6.50. The molecule has 3 aromatic carbocycles. The summed E-state index contributed by atoms with van der Waals surface area (Å²) < 4.78 is 21.5. The normalized spacial score (nSPS) is 13.5. The smallest absolute Gasteiger partial charge is 0.343 e. The fourth-order valence-corrected chi connectivity index (χ4v) is 3.03. The summed E-state index contributed by atoms with van der Waals surface area (Å²) in [7, 11) is 3.10. The van der Waals surface area contributed by atoms with E-state index in [0.29, 0.717) is 28.4 Å². The molecule has 0 spiro atoms. The van der Waals surface area contributed by atoms with Crippen LogP contribution in [0.15, 0.2) is 72.5 Å². The quantitative estimate of drug-likeness (QED) is 0.355. The molecule has 0 aromatic heterocycles. The Morgan fingerprint density at radius 2 is 1.60 bits per heavy atom. The van der Waals surface area contributed by atoms with E-state index in [0.717, 1.165) is 5.56 Å². The highest BCUT2D eigenvalue weighted by molar-refractivity contribution is 6.14. The molecule has 0 unspecified atom stereocenters. The summed E-state index contributed by atoms with van der Waals surface area (Å²) in [5, 5.41) is 0. The van der Waals surface area contributed by atoms with E-state index < -0.39 is 5.97 Å². The zero-order valence-corrected chi connectivity index (χ0v) is 16.4. The summed E-state index contributed by atoms with van der Waals surface area (Å²) in [5.74, 6) is 1.26. The van der Waals surface area contributed by atoms with Gasteiger partial charge in [0.25, 0.3) is 0 Å². The van der Waals surface area contributed by atoms with Crippen LogP contribution in [0.25, 0.3) is 6.08 Å². The van der Waals surface area contributed by atoms with Crippen molar-refractivity contribution < 1.29 is 28.5 Å². The summed E-state index contributed by atoms with van der Waals surface area (Å²) in [6.07, 6.45) is 1.65. The van der Waals surface area contributed by atoms with Crippen molar-refractivity contribution in [1.82, 2.24) is 0 Å². The van der Waals surface area contributed by atoms with Gasteiger partial charge in [-0.1, -0.05) is 18.2 Å². The number of hydrogen-bond acceptors (Lipinski definition) is 6. The first-order valence-corrected chi connectivity index (χ1v) is 9.16. The molecule has 1 aliphatic rings. The van der Waals surface area contributed by atoms with Gasteiger partial charge in [0, 0.05) is 6.07 Å². The second-order valence-corrected chi connectivity index (χ2v) is 6.50. The van der Waals surface area contributed by atoms with Crippen LogP contribution in [0.2, 0.25) is 0 Å². The van der Waals surface area contributed by atoms with Gasteiger partial charge in [-0.05, 0) is 54.1 Å². The Labute approximate surface area is 173 Å². The first kappa shape index (κ1) is 19.3. The number of allylic oxidation sites excluding steroid dienone is 1. The molecule has 150 valence electrons. The molecule has 6 heteroatoms. The Balaban J connectivity index is 1.54. The average Bonchev–Trinajstić information content (AvgIpc) is 3.08. The van der Waals surface area contributed by atoms with Crippen molar-refractivity contribution in [3.05, 3.63) is 89.2 Å². The van der Waals surface area contributed by atoms with E-state index in [1.165, 1.54) is 13.2 Å². The van der Waals surface area contributed by atoms with Crippen LogP contribution in [-0.2, 0) is 0 Å². The van der Waals surface area contributed by atoms with Gasteiger partial charge in [-0.25, -0.2) is 4.79 Å². The third-order valence-electron chi connectivity index (χ3n) is 4.55. The van der Waals surface area contributed by atoms with Crippen LogP contribution in [0.3, 0.4) is 0 Å². The van der Waals surface area contributed by atoms with Crippen molar-refractivity contribution in [3.8, 4) is 23.0 Å². The van der Waals surface area contributed by atoms with Crippen molar-refractivity contribution in [2.45, 2.75) is 0 Å². The van der Waals surface area contributed by atoms with E-state index in [1.807, 2.05) is 18.2 Å². The molecule has 4 rings (SSSR count). The number of carbonyl (C=O) groups is 2. The third-order valence-corrected chi connectivity index (χ3v) is 4.55. The predicted octanol–water partition coefficient (Wildman–Crippen LogP) is 4.54. The number of hydrogen-bond donors (Lipinski definition) is 0. The summed E-state index contributed by atoms with van der Waals surface area (Å²) in [4.78, 5) is 25.0. The molecular weight excluding hydrogens is 384 g/mol. The fourth-order valence-electron chi connectivity index (χ4n) is 3.03. The molecule has 0 atom stereocenters. The molecule has 0 saturated carbocycles. The molecule has 1 heterocycles. The Bertz CT molecular complexity index is 1160. The van der Waals surface area contributed by atoms with Gasteiger partial charge >= 0.3 is 5.97 Å². The molecule has 0 radical (unpaired) electrons. The molecule has 0 saturated heterocycles. The van der Waals surface area contributed by atoms with Crippen molar-refractivity contribution in [2.24, 2.45) is 0 Å². The van der Waals surface area contributed by atoms with Crippen molar-refractivity contribution in [3.63, 3.8) is 0 Å². The largest absolute Gasteiger partial charge is 0.497 e. The first-order valence-electron chi connectivity index (χ1n) is 9.16. The topological polar surface area (TPSA) is 71.1 Å². The second kappa shape index (κ2) is 8.13. The molecule has 0 fully saturated rings. The molecular formula is C24H18O6. The number of benzene rings is 3. The zero-order chi connectivity index (χ0) is 21.1. The minimum absolute atomic E-state index is 0.189. The highest BCUT2D eigenvalue weighted by atomic mass is 16.5. The number of fused-ring (bicyclic) bond motifs is 1. The van der Waals surface area contributed by atoms with Gasteiger partial charge in [0.1, 0.15) is 23.0 Å². The van der Waals surface area contributed by atoms with Gasteiger partial charge in [-0.2, -0.15) is 0 Å². The minimum atomic E-state index is -0.537. The molecule has 1 aliphatic heterocycles. The van der Waals surface area contributed by atoms with Gasteiger partial charge in [0.15, 0.2) is 5.76 Å². The zero-order valence-electron chi connectivity index (χ0n) is 16.4. The number of esters is 1. The first-order chi connectivity index (χ1) is 14.6. The van der Waals surface area contributed by atoms with Crippen LogP contribution in [0.1, 0.15) is 26.3 Å². The molecule has 0 aliphatic carbocycles. The lowest BCUT2D eigenvalue weighted by Gasteiger charge is -2.07. The Morgan fingerprint density at radius 3 is 2.37 bits per heavy atom. The van der Waals surface area contributed by atoms with E-state index >= 15 is 0 Å². The summed E-state index contributed by atoms with van der Waals surface area (Å²) in [5.41, 5.74) is 1.53. The molecule has 30 heavy (non-hydrogen) atoms. The van der Waals surface area contributed by atoms with E-state index in [2.05, 4.69) is 0 Å². The van der Waals surface area contributed by atoms with E-state index in [4.69, 9.17) is 18.9 Å². The maximum Gasteiger partial charge on any atom is 0.343 e. The lowest BCUT2D eigenvalue weighted by Crippen LogP contribution is -2.08. The lowest BCUT2D eigenvalue weighted by atomic mass is 10.1. The minimum Gasteiger partial charge on any atom is -0.497 e. The van der Waals surface area contributed by atoms with Gasteiger partial charge in [-0.3, -0.25) is 4.79 Å². The number of ketones is 1. The highest BCUT2D eigenvalue weighted by Gasteiger charge is 2.28. The standard InChI is InChI=1S/C24H18O6/c1-27-17-7-3-5-15(11-17)12-22-23(25)20-10-9-19(14-21(20)30-22)29-24(26)16-6-4-8-18(13-16)28-2/h3-14H,1-2H3/b22-12+. The Hall–Kier alpha value is -4.06. The molecule has 0 bridgehead atoms. The Kier molecular flexibility index (Phi) is 5.22.